The first-order valence-electron chi connectivity index (χ1n) is 6.06. The van der Waals surface area contributed by atoms with Gasteiger partial charge in [0.25, 0.3) is 0 Å². The monoisotopic (exact) mass is 219 g/mol. The minimum Gasteiger partial charge on any atom is -0.328 e. The SMILES string of the molecule is Cc1ccc(CN2CCC(N)CC2C)cn1. The lowest BCUT2D eigenvalue weighted by molar-refractivity contribution is 0.140. The first-order chi connectivity index (χ1) is 7.65. The van der Waals surface area contributed by atoms with Crippen LogP contribution in [-0.4, -0.2) is 28.5 Å². The third-order valence-electron chi connectivity index (χ3n) is 3.41. The van der Waals surface area contributed by atoms with Crippen LogP contribution in [0.5, 0.6) is 0 Å². The average Bonchev–Trinajstić information content (AvgIpc) is 2.25. The summed E-state index contributed by atoms with van der Waals surface area (Å²) >= 11 is 0. The van der Waals surface area contributed by atoms with Gasteiger partial charge < -0.3 is 5.73 Å². The van der Waals surface area contributed by atoms with E-state index in [1.165, 1.54) is 5.56 Å². The van der Waals surface area contributed by atoms with Crippen LogP contribution in [0.2, 0.25) is 0 Å². The highest BCUT2D eigenvalue weighted by Gasteiger charge is 2.22. The maximum absolute atomic E-state index is 5.96. The normalized spacial score (nSPS) is 26.9. The molecule has 1 aliphatic heterocycles. The molecule has 1 saturated heterocycles. The van der Waals surface area contributed by atoms with Gasteiger partial charge in [0, 0.05) is 37.1 Å². The standard InChI is InChI=1S/C13H21N3/c1-10-3-4-12(8-15-10)9-16-6-5-13(14)7-11(16)2/h3-4,8,11,13H,5-7,9,14H2,1-2H3. The van der Waals surface area contributed by atoms with Gasteiger partial charge >= 0.3 is 0 Å². The molecule has 0 amide bonds. The second kappa shape index (κ2) is 4.93. The van der Waals surface area contributed by atoms with E-state index in [0.717, 1.165) is 31.6 Å². The van der Waals surface area contributed by atoms with Crippen molar-refractivity contribution >= 4 is 0 Å². The van der Waals surface area contributed by atoms with E-state index in [1.807, 2.05) is 13.1 Å². The quantitative estimate of drug-likeness (QED) is 0.823. The molecule has 2 N–H and O–H groups in total. The molecule has 0 bridgehead atoms. The molecule has 2 heterocycles. The largest absolute Gasteiger partial charge is 0.328 e. The number of aromatic nitrogens is 1. The highest BCUT2D eigenvalue weighted by Crippen LogP contribution is 2.18. The van der Waals surface area contributed by atoms with Gasteiger partial charge in [-0.25, -0.2) is 0 Å². The summed E-state index contributed by atoms with van der Waals surface area (Å²) in [4.78, 5) is 6.83. The molecular weight excluding hydrogens is 198 g/mol. The van der Waals surface area contributed by atoms with E-state index in [0.29, 0.717) is 12.1 Å². The lowest BCUT2D eigenvalue weighted by atomic mass is 9.98. The highest BCUT2D eigenvalue weighted by molar-refractivity contribution is 5.13. The Balaban J connectivity index is 1.96. The van der Waals surface area contributed by atoms with Crippen LogP contribution in [-0.2, 0) is 6.54 Å². The highest BCUT2D eigenvalue weighted by atomic mass is 15.2. The number of likely N-dealkylation sites (tertiary alicyclic amines) is 1. The molecule has 0 saturated carbocycles. The minimum atomic E-state index is 0.391. The molecule has 3 heteroatoms. The summed E-state index contributed by atoms with van der Waals surface area (Å²) in [6.07, 6.45) is 4.21. The van der Waals surface area contributed by atoms with Gasteiger partial charge in [-0.3, -0.25) is 9.88 Å². The van der Waals surface area contributed by atoms with E-state index < -0.39 is 0 Å². The van der Waals surface area contributed by atoms with E-state index >= 15 is 0 Å². The number of hydrogen-bond acceptors (Lipinski definition) is 3. The predicted molar refractivity (Wildman–Crippen MR) is 66.1 cm³/mol. The van der Waals surface area contributed by atoms with Crippen LogP contribution >= 0.6 is 0 Å². The lowest BCUT2D eigenvalue weighted by Crippen LogP contribution is -2.44. The molecule has 2 unspecified atom stereocenters. The molecular formula is C13H21N3. The van der Waals surface area contributed by atoms with Gasteiger partial charge in [0.15, 0.2) is 0 Å². The third-order valence-corrected chi connectivity index (χ3v) is 3.41. The van der Waals surface area contributed by atoms with Crippen LogP contribution in [0, 0.1) is 6.92 Å². The zero-order valence-electron chi connectivity index (χ0n) is 10.2. The number of rotatable bonds is 2. The maximum Gasteiger partial charge on any atom is 0.0372 e. The summed E-state index contributed by atoms with van der Waals surface area (Å²) in [5, 5.41) is 0. The van der Waals surface area contributed by atoms with Gasteiger partial charge in [-0.15, -0.1) is 0 Å². The fourth-order valence-corrected chi connectivity index (χ4v) is 2.32. The van der Waals surface area contributed by atoms with Crippen LogP contribution in [0.4, 0.5) is 0 Å². The number of pyridine rings is 1. The maximum atomic E-state index is 5.96. The molecule has 2 atom stereocenters. The first-order valence-corrected chi connectivity index (χ1v) is 6.06. The van der Waals surface area contributed by atoms with Crippen LogP contribution < -0.4 is 5.73 Å². The van der Waals surface area contributed by atoms with E-state index in [9.17, 15) is 0 Å². The summed E-state index contributed by atoms with van der Waals surface area (Å²) in [6, 6.07) is 5.23. The third kappa shape index (κ3) is 2.80. The van der Waals surface area contributed by atoms with E-state index in [1.54, 1.807) is 0 Å². The summed E-state index contributed by atoms with van der Waals surface area (Å²) in [6.45, 7) is 6.39. The van der Waals surface area contributed by atoms with Crippen LogP contribution in [0.3, 0.4) is 0 Å². The Hall–Kier alpha value is -0.930. The molecule has 1 aliphatic rings. The molecule has 2 rings (SSSR count). The minimum absolute atomic E-state index is 0.391. The van der Waals surface area contributed by atoms with Crippen molar-refractivity contribution in [1.29, 1.82) is 0 Å². The Morgan fingerprint density at radius 1 is 1.50 bits per heavy atom. The van der Waals surface area contributed by atoms with Gasteiger partial charge in [0.05, 0.1) is 0 Å². The molecule has 1 aromatic heterocycles. The Morgan fingerprint density at radius 3 is 2.94 bits per heavy atom. The topological polar surface area (TPSA) is 42.1 Å². The fourth-order valence-electron chi connectivity index (χ4n) is 2.32. The Morgan fingerprint density at radius 2 is 2.31 bits per heavy atom. The Bertz CT molecular complexity index is 334. The molecule has 0 aromatic carbocycles. The van der Waals surface area contributed by atoms with E-state index in [2.05, 4.69) is 28.9 Å². The van der Waals surface area contributed by atoms with Crippen molar-refractivity contribution in [3.05, 3.63) is 29.6 Å². The zero-order chi connectivity index (χ0) is 11.5. The Labute approximate surface area is 97.7 Å². The number of nitrogens with zero attached hydrogens (tertiary/aromatic N) is 2. The van der Waals surface area contributed by atoms with Crippen LogP contribution in [0.1, 0.15) is 31.0 Å². The summed E-state index contributed by atoms with van der Waals surface area (Å²) in [5.41, 5.74) is 8.34. The smallest absolute Gasteiger partial charge is 0.0372 e. The van der Waals surface area contributed by atoms with Crippen molar-refractivity contribution in [2.24, 2.45) is 5.73 Å². The van der Waals surface area contributed by atoms with Gasteiger partial charge in [0.1, 0.15) is 0 Å². The summed E-state index contributed by atoms with van der Waals surface area (Å²) in [7, 11) is 0. The molecule has 88 valence electrons. The zero-order valence-corrected chi connectivity index (χ0v) is 10.2. The average molecular weight is 219 g/mol. The number of nitrogens with two attached hydrogens (primary N) is 1. The van der Waals surface area contributed by atoms with Crippen molar-refractivity contribution < 1.29 is 0 Å². The van der Waals surface area contributed by atoms with Gasteiger partial charge in [0.2, 0.25) is 0 Å². The van der Waals surface area contributed by atoms with E-state index in [4.69, 9.17) is 5.73 Å². The fraction of sp³-hybridized carbons (Fsp3) is 0.615. The van der Waals surface area contributed by atoms with Gasteiger partial charge in [-0.2, -0.15) is 0 Å². The van der Waals surface area contributed by atoms with Crippen molar-refractivity contribution in [3.63, 3.8) is 0 Å². The number of aryl methyl sites for hydroxylation is 1. The van der Waals surface area contributed by atoms with Crippen molar-refractivity contribution in [3.8, 4) is 0 Å². The van der Waals surface area contributed by atoms with Crippen molar-refractivity contribution in [2.75, 3.05) is 6.54 Å². The molecule has 0 radical (unpaired) electrons. The summed E-state index contributed by atoms with van der Waals surface area (Å²) < 4.78 is 0. The van der Waals surface area contributed by atoms with Crippen molar-refractivity contribution in [1.82, 2.24) is 9.88 Å². The second-order valence-corrected chi connectivity index (χ2v) is 4.91. The van der Waals surface area contributed by atoms with Crippen LogP contribution in [0.15, 0.2) is 18.3 Å². The van der Waals surface area contributed by atoms with Crippen LogP contribution in [0.25, 0.3) is 0 Å². The Kier molecular flexibility index (Phi) is 3.56. The number of piperidine rings is 1. The molecule has 0 aliphatic carbocycles. The molecule has 16 heavy (non-hydrogen) atoms. The predicted octanol–water partition coefficient (Wildman–Crippen LogP) is 1.70. The molecule has 1 fully saturated rings. The van der Waals surface area contributed by atoms with Gasteiger partial charge in [-0.05, 0) is 38.3 Å². The molecule has 0 spiro atoms. The van der Waals surface area contributed by atoms with Gasteiger partial charge in [-0.1, -0.05) is 6.07 Å². The summed E-state index contributed by atoms with van der Waals surface area (Å²) in [5.74, 6) is 0. The van der Waals surface area contributed by atoms with Crippen molar-refractivity contribution in [2.45, 2.75) is 45.3 Å². The second-order valence-electron chi connectivity index (χ2n) is 4.91. The lowest BCUT2D eigenvalue weighted by Gasteiger charge is -2.36. The molecule has 3 nitrogen and oxygen atoms in total. The van der Waals surface area contributed by atoms with E-state index in [-0.39, 0.29) is 0 Å². The first kappa shape index (κ1) is 11.6. The molecule has 1 aromatic rings. The number of hydrogen-bond donors (Lipinski definition) is 1.